The Hall–Kier alpha value is -1.59. The summed E-state index contributed by atoms with van der Waals surface area (Å²) in [6, 6.07) is 3.26. The van der Waals surface area contributed by atoms with Crippen LogP contribution in [-0.4, -0.2) is 11.7 Å². The molecule has 0 saturated heterocycles. The zero-order valence-corrected chi connectivity index (χ0v) is 9.90. The molecule has 0 radical (unpaired) electrons. The maximum absolute atomic E-state index is 11.5. The van der Waals surface area contributed by atoms with Crippen LogP contribution in [-0.2, 0) is 13.0 Å². The number of hydrogen-bond acceptors (Lipinski definition) is 5. The summed E-state index contributed by atoms with van der Waals surface area (Å²) < 4.78 is 10.3. The van der Waals surface area contributed by atoms with Crippen molar-refractivity contribution in [2.24, 2.45) is 0 Å². The fourth-order valence-electron chi connectivity index (χ4n) is 1.34. The van der Waals surface area contributed by atoms with Crippen molar-refractivity contribution in [3.05, 3.63) is 50.7 Å². The van der Waals surface area contributed by atoms with Gasteiger partial charge < -0.3 is 14.3 Å². The first-order chi connectivity index (χ1) is 8.29. The highest BCUT2D eigenvalue weighted by atomic mass is 32.1. The standard InChI is InChI=1S/C12H12O4S/c13-6-10-5-11(14)12(7-16-10)15-3-1-9-2-4-17-8-9/h2,4-5,7-8,13H,1,3,6H2. The van der Waals surface area contributed by atoms with Crippen LogP contribution in [0, 0.1) is 0 Å². The quantitative estimate of drug-likeness (QED) is 0.881. The SMILES string of the molecule is O=c1cc(CO)occ1OCCc1ccsc1. The molecule has 0 aliphatic carbocycles. The Morgan fingerprint density at radius 2 is 2.35 bits per heavy atom. The predicted octanol–water partition coefficient (Wildman–Crippen LogP) is 1.82. The number of aliphatic hydroxyl groups is 1. The third kappa shape index (κ3) is 3.18. The normalized spacial score (nSPS) is 10.4. The average Bonchev–Trinajstić information content (AvgIpc) is 2.84. The van der Waals surface area contributed by atoms with Gasteiger partial charge in [0.05, 0.1) is 6.61 Å². The lowest BCUT2D eigenvalue weighted by Crippen LogP contribution is -2.10. The molecule has 0 aliphatic heterocycles. The molecule has 4 nitrogen and oxygen atoms in total. The van der Waals surface area contributed by atoms with Gasteiger partial charge in [0.1, 0.15) is 18.6 Å². The van der Waals surface area contributed by atoms with E-state index in [1.807, 2.05) is 16.8 Å². The van der Waals surface area contributed by atoms with E-state index in [1.165, 1.54) is 17.9 Å². The zero-order chi connectivity index (χ0) is 12.1. The third-order valence-corrected chi connectivity index (χ3v) is 2.97. The minimum absolute atomic E-state index is 0.178. The first-order valence-corrected chi connectivity index (χ1v) is 6.10. The molecule has 0 unspecified atom stereocenters. The Balaban J connectivity index is 1.93. The van der Waals surface area contributed by atoms with Crippen molar-refractivity contribution in [3.8, 4) is 5.75 Å². The van der Waals surface area contributed by atoms with E-state index < -0.39 is 0 Å². The lowest BCUT2D eigenvalue weighted by atomic mass is 10.2. The second kappa shape index (κ2) is 5.65. The highest BCUT2D eigenvalue weighted by Crippen LogP contribution is 2.09. The summed E-state index contributed by atoms with van der Waals surface area (Å²) in [6.07, 6.45) is 1.99. The van der Waals surface area contributed by atoms with Crippen LogP contribution in [0.2, 0.25) is 0 Å². The number of ether oxygens (including phenoxy) is 1. The van der Waals surface area contributed by atoms with Crippen molar-refractivity contribution >= 4 is 11.3 Å². The van der Waals surface area contributed by atoms with Crippen molar-refractivity contribution < 1.29 is 14.3 Å². The van der Waals surface area contributed by atoms with Crippen LogP contribution in [0.5, 0.6) is 5.75 Å². The van der Waals surface area contributed by atoms with Gasteiger partial charge in [0.2, 0.25) is 11.2 Å². The van der Waals surface area contributed by atoms with E-state index >= 15 is 0 Å². The molecule has 2 rings (SSSR count). The maximum Gasteiger partial charge on any atom is 0.227 e. The molecule has 1 N–H and O–H groups in total. The Morgan fingerprint density at radius 1 is 1.47 bits per heavy atom. The summed E-state index contributed by atoms with van der Waals surface area (Å²) >= 11 is 1.63. The molecular formula is C12H12O4S. The number of aliphatic hydroxyl groups excluding tert-OH is 1. The van der Waals surface area contributed by atoms with E-state index in [4.69, 9.17) is 14.3 Å². The molecule has 0 spiro atoms. The third-order valence-electron chi connectivity index (χ3n) is 2.24. The molecule has 0 atom stereocenters. The van der Waals surface area contributed by atoms with Crippen LogP contribution in [0.1, 0.15) is 11.3 Å². The number of rotatable bonds is 5. The first-order valence-electron chi connectivity index (χ1n) is 5.16. The molecule has 0 aliphatic rings. The van der Waals surface area contributed by atoms with Gasteiger partial charge in [0.25, 0.3) is 0 Å². The molecule has 2 aromatic heterocycles. The van der Waals surface area contributed by atoms with Crippen LogP contribution < -0.4 is 10.2 Å². The number of thiophene rings is 1. The second-order valence-electron chi connectivity index (χ2n) is 3.46. The van der Waals surface area contributed by atoms with E-state index in [0.717, 1.165) is 6.42 Å². The molecule has 0 bridgehead atoms. The minimum atomic E-state index is -0.287. The minimum Gasteiger partial charge on any atom is -0.486 e. The fraction of sp³-hybridized carbons (Fsp3) is 0.250. The largest absolute Gasteiger partial charge is 0.486 e. The van der Waals surface area contributed by atoms with Gasteiger partial charge in [-0.15, -0.1) is 0 Å². The van der Waals surface area contributed by atoms with E-state index in [9.17, 15) is 4.79 Å². The number of hydrogen-bond donors (Lipinski definition) is 1. The van der Waals surface area contributed by atoms with Crippen LogP contribution in [0.15, 0.2) is 38.4 Å². The van der Waals surface area contributed by atoms with E-state index in [0.29, 0.717) is 6.61 Å². The van der Waals surface area contributed by atoms with E-state index in [-0.39, 0.29) is 23.5 Å². The Bertz CT molecular complexity index is 516. The lowest BCUT2D eigenvalue weighted by Gasteiger charge is -2.04. The zero-order valence-electron chi connectivity index (χ0n) is 9.09. The summed E-state index contributed by atoms with van der Waals surface area (Å²) in [5, 5.41) is 12.8. The molecule has 0 aromatic carbocycles. The lowest BCUT2D eigenvalue weighted by molar-refractivity contribution is 0.237. The smallest absolute Gasteiger partial charge is 0.227 e. The summed E-state index contributed by atoms with van der Waals surface area (Å²) in [6.45, 7) is 0.143. The molecule has 2 heterocycles. The molecule has 2 aromatic rings. The van der Waals surface area contributed by atoms with Gasteiger partial charge in [-0.1, -0.05) is 0 Å². The van der Waals surface area contributed by atoms with Gasteiger partial charge in [-0.3, -0.25) is 4.79 Å². The van der Waals surface area contributed by atoms with Crippen molar-refractivity contribution in [1.29, 1.82) is 0 Å². The molecule has 17 heavy (non-hydrogen) atoms. The van der Waals surface area contributed by atoms with Crippen LogP contribution in [0.3, 0.4) is 0 Å². The van der Waals surface area contributed by atoms with Gasteiger partial charge in [-0.05, 0) is 22.4 Å². The molecular weight excluding hydrogens is 240 g/mol. The van der Waals surface area contributed by atoms with Crippen LogP contribution in [0.25, 0.3) is 0 Å². The Labute approximate surface area is 102 Å². The topological polar surface area (TPSA) is 59.7 Å². The Morgan fingerprint density at radius 3 is 3.00 bits per heavy atom. The maximum atomic E-state index is 11.5. The Kier molecular flexibility index (Phi) is 3.95. The molecule has 90 valence electrons. The summed E-state index contributed by atoms with van der Waals surface area (Å²) in [4.78, 5) is 11.5. The van der Waals surface area contributed by atoms with Crippen molar-refractivity contribution in [1.82, 2.24) is 0 Å². The van der Waals surface area contributed by atoms with Crippen molar-refractivity contribution in [3.63, 3.8) is 0 Å². The van der Waals surface area contributed by atoms with Gasteiger partial charge >= 0.3 is 0 Å². The molecule has 0 amide bonds. The van der Waals surface area contributed by atoms with E-state index in [1.54, 1.807) is 11.3 Å². The van der Waals surface area contributed by atoms with Gasteiger partial charge in [-0.25, -0.2) is 0 Å². The monoisotopic (exact) mass is 252 g/mol. The van der Waals surface area contributed by atoms with Crippen LogP contribution >= 0.6 is 11.3 Å². The van der Waals surface area contributed by atoms with Crippen molar-refractivity contribution in [2.45, 2.75) is 13.0 Å². The predicted molar refractivity (Wildman–Crippen MR) is 64.4 cm³/mol. The second-order valence-corrected chi connectivity index (χ2v) is 4.24. The van der Waals surface area contributed by atoms with Crippen molar-refractivity contribution in [2.75, 3.05) is 6.61 Å². The molecule has 5 heteroatoms. The van der Waals surface area contributed by atoms with Gasteiger partial charge in [-0.2, -0.15) is 11.3 Å². The summed E-state index contributed by atoms with van der Waals surface area (Å²) in [5.74, 6) is 0.414. The molecule has 0 fully saturated rings. The van der Waals surface area contributed by atoms with Gasteiger partial charge in [0, 0.05) is 12.5 Å². The molecule has 0 saturated carbocycles. The van der Waals surface area contributed by atoms with Crippen LogP contribution in [0.4, 0.5) is 0 Å². The fourth-order valence-corrected chi connectivity index (χ4v) is 2.04. The highest BCUT2D eigenvalue weighted by Gasteiger charge is 2.04. The van der Waals surface area contributed by atoms with E-state index in [2.05, 4.69) is 0 Å². The highest BCUT2D eigenvalue weighted by molar-refractivity contribution is 7.07. The summed E-state index contributed by atoms with van der Waals surface area (Å²) in [7, 11) is 0. The average molecular weight is 252 g/mol. The van der Waals surface area contributed by atoms with Gasteiger partial charge in [0.15, 0.2) is 0 Å². The summed E-state index contributed by atoms with van der Waals surface area (Å²) in [5.41, 5.74) is 0.914. The first kappa shape index (κ1) is 11.9.